The maximum Gasteiger partial charge on any atom is 0.335 e. The van der Waals surface area contributed by atoms with Gasteiger partial charge in [0.25, 0.3) is 0 Å². The molecule has 2 aromatic rings. The summed E-state index contributed by atoms with van der Waals surface area (Å²) in [6, 6.07) is 7.71. The number of halogens is 2. The lowest BCUT2D eigenvalue weighted by atomic mass is 10.2. The molecule has 0 saturated carbocycles. The molecule has 0 bridgehead atoms. The van der Waals surface area contributed by atoms with E-state index in [-0.39, 0.29) is 22.5 Å². The monoisotopic (exact) mass is 276 g/mol. The Hall–Kier alpha value is -2.63. The Labute approximate surface area is 113 Å². The highest BCUT2D eigenvalue weighted by atomic mass is 19.1. The van der Waals surface area contributed by atoms with E-state index in [0.717, 1.165) is 6.07 Å². The van der Waals surface area contributed by atoms with Gasteiger partial charge >= 0.3 is 5.97 Å². The highest BCUT2D eigenvalue weighted by molar-refractivity contribution is 5.88. The van der Waals surface area contributed by atoms with Gasteiger partial charge < -0.3 is 5.11 Å². The normalized spacial score (nSPS) is 10.9. The van der Waals surface area contributed by atoms with Gasteiger partial charge in [-0.2, -0.15) is 5.11 Å². The van der Waals surface area contributed by atoms with E-state index < -0.39 is 17.6 Å². The maximum atomic E-state index is 13.5. The number of aryl methyl sites for hydroxylation is 1. The fourth-order valence-corrected chi connectivity index (χ4v) is 1.53. The summed E-state index contributed by atoms with van der Waals surface area (Å²) in [6.45, 7) is 1.48. The third kappa shape index (κ3) is 3.03. The van der Waals surface area contributed by atoms with Crippen LogP contribution in [-0.2, 0) is 0 Å². The van der Waals surface area contributed by atoms with Crippen LogP contribution in [-0.4, -0.2) is 11.1 Å². The van der Waals surface area contributed by atoms with Crippen molar-refractivity contribution in [2.45, 2.75) is 6.92 Å². The zero-order valence-electron chi connectivity index (χ0n) is 10.5. The topological polar surface area (TPSA) is 62.0 Å². The van der Waals surface area contributed by atoms with Crippen LogP contribution >= 0.6 is 0 Å². The molecule has 0 atom stereocenters. The van der Waals surface area contributed by atoms with Crippen molar-refractivity contribution >= 4 is 17.3 Å². The van der Waals surface area contributed by atoms with Gasteiger partial charge in [-0.05, 0) is 36.8 Å². The molecule has 0 radical (unpaired) electrons. The number of azo groups is 1. The lowest BCUT2D eigenvalue weighted by Gasteiger charge is -2.00. The van der Waals surface area contributed by atoms with E-state index in [1.165, 1.54) is 37.3 Å². The first-order chi connectivity index (χ1) is 9.47. The van der Waals surface area contributed by atoms with Crippen LogP contribution in [0.1, 0.15) is 15.9 Å². The van der Waals surface area contributed by atoms with E-state index in [4.69, 9.17) is 5.11 Å². The number of hydrogen-bond acceptors (Lipinski definition) is 3. The number of carboxylic acid groups (broad SMARTS) is 1. The summed E-state index contributed by atoms with van der Waals surface area (Å²) < 4.78 is 26.5. The van der Waals surface area contributed by atoms with E-state index in [9.17, 15) is 13.6 Å². The molecule has 2 aromatic carbocycles. The van der Waals surface area contributed by atoms with Crippen molar-refractivity contribution in [1.82, 2.24) is 0 Å². The summed E-state index contributed by atoms with van der Waals surface area (Å²) in [5.41, 5.74) is 0.466. The fourth-order valence-electron chi connectivity index (χ4n) is 1.53. The molecule has 0 fully saturated rings. The van der Waals surface area contributed by atoms with E-state index in [2.05, 4.69) is 10.2 Å². The minimum absolute atomic E-state index is 0.0530. The summed E-state index contributed by atoms with van der Waals surface area (Å²) in [7, 11) is 0. The Bertz CT molecular complexity index is 700. The van der Waals surface area contributed by atoms with Crippen molar-refractivity contribution in [3.63, 3.8) is 0 Å². The van der Waals surface area contributed by atoms with E-state index >= 15 is 0 Å². The predicted octanol–water partition coefficient (Wildman–Crippen LogP) is 4.39. The molecule has 102 valence electrons. The summed E-state index contributed by atoms with van der Waals surface area (Å²) in [4.78, 5) is 10.8. The zero-order chi connectivity index (χ0) is 14.7. The molecule has 0 aliphatic rings. The molecule has 0 aliphatic carbocycles. The number of carboxylic acids is 1. The second kappa shape index (κ2) is 5.56. The van der Waals surface area contributed by atoms with E-state index in [1.54, 1.807) is 0 Å². The Morgan fingerprint density at radius 2 is 1.85 bits per heavy atom. The third-order valence-electron chi connectivity index (χ3n) is 2.59. The molecule has 20 heavy (non-hydrogen) atoms. The number of hydrogen-bond donors (Lipinski definition) is 1. The number of benzene rings is 2. The van der Waals surface area contributed by atoms with E-state index in [1.807, 2.05) is 0 Å². The van der Waals surface area contributed by atoms with Crippen molar-refractivity contribution in [2.24, 2.45) is 10.2 Å². The van der Waals surface area contributed by atoms with Crippen LogP contribution in [0.5, 0.6) is 0 Å². The van der Waals surface area contributed by atoms with Crippen molar-refractivity contribution in [2.75, 3.05) is 0 Å². The summed E-state index contributed by atoms with van der Waals surface area (Å²) in [5.74, 6) is -2.58. The largest absolute Gasteiger partial charge is 0.478 e. The molecule has 0 heterocycles. The third-order valence-corrected chi connectivity index (χ3v) is 2.59. The van der Waals surface area contributed by atoms with Crippen LogP contribution < -0.4 is 0 Å². The number of carbonyl (C=O) groups is 1. The lowest BCUT2D eigenvalue weighted by molar-refractivity contribution is 0.0697. The van der Waals surface area contributed by atoms with Crippen molar-refractivity contribution in [1.29, 1.82) is 0 Å². The van der Waals surface area contributed by atoms with E-state index in [0.29, 0.717) is 0 Å². The van der Waals surface area contributed by atoms with Gasteiger partial charge in [-0.3, -0.25) is 0 Å². The quantitative estimate of drug-likeness (QED) is 0.845. The van der Waals surface area contributed by atoms with Crippen LogP contribution in [0, 0.1) is 18.6 Å². The average Bonchev–Trinajstić information content (AvgIpc) is 2.41. The Morgan fingerprint density at radius 3 is 2.55 bits per heavy atom. The molecule has 0 saturated heterocycles. The second-order valence-corrected chi connectivity index (χ2v) is 4.11. The number of nitrogens with zero attached hydrogens (tertiary/aromatic N) is 2. The lowest BCUT2D eigenvalue weighted by Crippen LogP contribution is -1.94. The zero-order valence-corrected chi connectivity index (χ0v) is 10.5. The number of rotatable bonds is 3. The second-order valence-electron chi connectivity index (χ2n) is 4.11. The Kier molecular flexibility index (Phi) is 3.84. The highest BCUT2D eigenvalue weighted by Crippen LogP contribution is 2.24. The summed E-state index contributed by atoms with van der Waals surface area (Å²) in [6.07, 6.45) is 0. The van der Waals surface area contributed by atoms with Crippen molar-refractivity contribution < 1.29 is 18.7 Å². The van der Waals surface area contributed by atoms with Gasteiger partial charge in [-0.15, -0.1) is 5.11 Å². The molecule has 0 amide bonds. The highest BCUT2D eigenvalue weighted by Gasteiger charge is 2.07. The molecule has 0 aliphatic heterocycles. The molecule has 6 heteroatoms. The molecule has 4 nitrogen and oxygen atoms in total. The van der Waals surface area contributed by atoms with Gasteiger partial charge in [0.05, 0.1) is 11.3 Å². The summed E-state index contributed by atoms with van der Waals surface area (Å²) in [5, 5.41) is 16.3. The smallest absolute Gasteiger partial charge is 0.335 e. The van der Waals surface area contributed by atoms with Crippen LogP contribution in [0.4, 0.5) is 20.2 Å². The standard InChI is InChI=1S/C14H10F2N2O2/c1-8-5-13(12(16)7-11(8)15)18-17-10-4-2-3-9(6-10)14(19)20/h2-7H,1H3,(H,19,20)/b18-17-. The minimum Gasteiger partial charge on any atom is -0.478 e. The molecule has 0 aromatic heterocycles. The molecule has 0 unspecified atom stereocenters. The Morgan fingerprint density at radius 1 is 1.10 bits per heavy atom. The molecular weight excluding hydrogens is 266 g/mol. The molecule has 2 rings (SSSR count). The first kappa shape index (κ1) is 13.8. The van der Waals surface area contributed by atoms with Crippen molar-refractivity contribution in [3.05, 3.63) is 59.2 Å². The SMILES string of the molecule is Cc1cc(/N=N\c2cccc(C(=O)O)c2)c(F)cc1F. The van der Waals surface area contributed by atoms with Gasteiger partial charge in [-0.1, -0.05) is 6.07 Å². The van der Waals surface area contributed by atoms with Crippen LogP contribution in [0.15, 0.2) is 46.6 Å². The van der Waals surface area contributed by atoms with Gasteiger partial charge in [0.1, 0.15) is 11.5 Å². The molecule has 1 N–H and O–H groups in total. The Balaban J connectivity index is 2.32. The van der Waals surface area contributed by atoms with Crippen LogP contribution in [0.3, 0.4) is 0 Å². The minimum atomic E-state index is -1.09. The average molecular weight is 276 g/mol. The first-order valence-corrected chi connectivity index (χ1v) is 5.68. The molecule has 0 spiro atoms. The predicted molar refractivity (Wildman–Crippen MR) is 68.7 cm³/mol. The van der Waals surface area contributed by atoms with Crippen LogP contribution in [0.2, 0.25) is 0 Å². The first-order valence-electron chi connectivity index (χ1n) is 5.68. The number of aromatic carboxylic acids is 1. The summed E-state index contributed by atoms with van der Waals surface area (Å²) >= 11 is 0. The van der Waals surface area contributed by atoms with Crippen molar-refractivity contribution in [3.8, 4) is 0 Å². The fraction of sp³-hybridized carbons (Fsp3) is 0.0714. The van der Waals surface area contributed by atoms with Gasteiger partial charge in [0, 0.05) is 6.07 Å². The van der Waals surface area contributed by atoms with Crippen LogP contribution in [0.25, 0.3) is 0 Å². The van der Waals surface area contributed by atoms with Gasteiger partial charge in [0.15, 0.2) is 5.82 Å². The maximum absolute atomic E-state index is 13.5. The molecular formula is C14H10F2N2O2. The van der Waals surface area contributed by atoms with Gasteiger partial charge in [0.2, 0.25) is 0 Å². The van der Waals surface area contributed by atoms with Gasteiger partial charge in [-0.25, -0.2) is 13.6 Å².